The molecule has 0 saturated heterocycles. The Bertz CT molecular complexity index is 920. The summed E-state index contributed by atoms with van der Waals surface area (Å²) in [5.74, 6) is -0.862. The molecule has 0 aliphatic carbocycles. The molecule has 1 aromatic heterocycles. The van der Waals surface area contributed by atoms with E-state index in [4.69, 9.17) is 14.2 Å². The zero-order valence-corrected chi connectivity index (χ0v) is 17.7. The molecule has 9 heteroatoms. The fraction of sp³-hybridized carbons (Fsp3) is 0.350. The molecule has 156 valence electrons. The van der Waals surface area contributed by atoms with Gasteiger partial charge in [0.25, 0.3) is 5.91 Å². The summed E-state index contributed by atoms with van der Waals surface area (Å²) in [4.78, 5) is 37.1. The van der Waals surface area contributed by atoms with Crippen LogP contribution in [0.5, 0.6) is 11.5 Å². The molecule has 8 nitrogen and oxygen atoms in total. The smallest absolute Gasteiger partial charge is 0.341 e. The van der Waals surface area contributed by atoms with Crippen LogP contribution in [-0.2, 0) is 14.3 Å². The van der Waals surface area contributed by atoms with Crippen LogP contribution in [0.1, 0.15) is 38.1 Å². The number of hydrogen-bond acceptors (Lipinski definition) is 8. The van der Waals surface area contributed by atoms with E-state index in [1.165, 1.54) is 43.8 Å². The van der Waals surface area contributed by atoms with E-state index in [1.807, 2.05) is 6.92 Å². The number of amides is 1. The second-order valence-corrected chi connectivity index (χ2v) is 7.13. The van der Waals surface area contributed by atoms with Gasteiger partial charge in [-0.3, -0.25) is 4.79 Å². The van der Waals surface area contributed by atoms with E-state index in [0.717, 1.165) is 10.4 Å². The van der Waals surface area contributed by atoms with Gasteiger partial charge in [-0.1, -0.05) is 0 Å². The van der Waals surface area contributed by atoms with Crippen LogP contribution in [0, 0.1) is 13.8 Å². The monoisotopic (exact) mass is 421 g/mol. The number of hydrogen-bond donors (Lipinski definition) is 1. The first-order valence-corrected chi connectivity index (χ1v) is 9.60. The molecular weight excluding hydrogens is 398 g/mol. The Morgan fingerprint density at radius 2 is 1.79 bits per heavy atom. The van der Waals surface area contributed by atoms with Crippen LogP contribution in [0.25, 0.3) is 0 Å². The fourth-order valence-corrected chi connectivity index (χ4v) is 3.57. The molecule has 0 bridgehead atoms. The van der Waals surface area contributed by atoms with Crippen molar-refractivity contribution in [2.45, 2.75) is 20.8 Å². The molecule has 1 N–H and O–H groups in total. The maximum Gasteiger partial charge on any atom is 0.341 e. The Kier molecular flexibility index (Phi) is 7.60. The summed E-state index contributed by atoms with van der Waals surface area (Å²) in [7, 11) is 2.70. The second-order valence-electron chi connectivity index (χ2n) is 5.90. The van der Waals surface area contributed by atoms with Gasteiger partial charge < -0.3 is 24.3 Å². The zero-order valence-electron chi connectivity index (χ0n) is 16.9. The quantitative estimate of drug-likeness (QED) is 0.652. The summed E-state index contributed by atoms with van der Waals surface area (Å²) < 4.78 is 20.5. The fourth-order valence-electron chi connectivity index (χ4n) is 2.50. The lowest BCUT2D eigenvalue weighted by Crippen LogP contribution is -2.21. The van der Waals surface area contributed by atoms with Crippen LogP contribution < -0.4 is 14.8 Å². The molecule has 0 atom stereocenters. The number of anilines is 1. The predicted octanol–water partition coefficient (Wildman–Crippen LogP) is 3.35. The Morgan fingerprint density at radius 3 is 2.41 bits per heavy atom. The Hall–Kier alpha value is -3.07. The van der Waals surface area contributed by atoms with Crippen molar-refractivity contribution in [3.63, 3.8) is 0 Å². The largest absolute Gasteiger partial charge is 0.493 e. The maximum atomic E-state index is 12.4. The van der Waals surface area contributed by atoms with Gasteiger partial charge in [0.15, 0.2) is 18.1 Å². The van der Waals surface area contributed by atoms with E-state index in [1.54, 1.807) is 13.8 Å². The molecule has 0 aliphatic heterocycles. The first kappa shape index (κ1) is 22.2. The Morgan fingerprint density at radius 1 is 1.07 bits per heavy atom. The van der Waals surface area contributed by atoms with Gasteiger partial charge in [-0.15, -0.1) is 11.3 Å². The van der Waals surface area contributed by atoms with E-state index < -0.39 is 17.8 Å². The lowest BCUT2D eigenvalue weighted by molar-refractivity contribution is -0.118. The van der Waals surface area contributed by atoms with E-state index in [-0.39, 0.29) is 19.0 Å². The highest BCUT2D eigenvalue weighted by atomic mass is 32.1. The third-order valence-corrected chi connectivity index (χ3v) is 5.18. The number of methoxy groups -OCH3 is 2. The maximum absolute atomic E-state index is 12.4. The summed E-state index contributed by atoms with van der Waals surface area (Å²) in [6.07, 6.45) is 0. The number of benzene rings is 1. The van der Waals surface area contributed by atoms with Crippen molar-refractivity contribution in [2.75, 3.05) is 32.8 Å². The molecule has 0 fully saturated rings. The summed E-state index contributed by atoms with van der Waals surface area (Å²) in [6, 6.07) is 4.48. The Balaban J connectivity index is 2.10. The molecule has 0 radical (unpaired) electrons. The van der Waals surface area contributed by atoms with Gasteiger partial charge >= 0.3 is 11.9 Å². The van der Waals surface area contributed by atoms with E-state index >= 15 is 0 Å². The summed E-state index contributed by atoms with van der Waals surface area (Å²) in [5, 5.41) is 3.11. The van der Waals surface area contributed by atoms with Gasteiger partial charge in [0, 0.05) is 4.88 Å². The molecule has 1 amide bonds. The molecule has 1 heterocycles. The van der Waals surface area contributed by atoms with E-state index in [0.29, 0.717) is 21.9 Å². The van der Waals surface area contributed by atoms with Crippen molar-refractivity contribution >= 4 is 34.2 Å². The molecule has 0 spiro atoms. The molecule has 29 heavy (non-hydrogen) atoms. The number of carbonyl (C=O) groups excluding carboxylic acids is 3. The van der Waals surface area contributed by atoms with Gasteiger partial charge in [-0.2, -0.15) is 0 Å². The van der Waals surface area contributed by atoms with Crippen molar-refractivity contribution in [2.24, 2.45) is 0 Å². The van der Waals surface area contributed by atoms with Gasteiger partial charge in [-0.25, -0.2) is 9.59 Å². The highest BCUT2D eigenvalue weighted by molar-refractivity contribution is 7.16. The topological polar surface area (TPSA) is 100 Å². The van der Waals surface area contributed by atoms with Crippen LogP contribution >= 0.6 is 11.3 Å². The third kappa shape index (κ3) is 5.26. The lowest BCUT2D eigenvalue weighted by Gasteiger charge is -2.12. The van der Waals surface area contributed by atoms with Gasteiger partial charge in [-0.05, 0) is 44.5 Å². The molecule has 0 unspecified atom stereocenters. The number of carbonyl (C=O) groups is 3. The van der Waals surface area contributed by atoms with E-state index in [2.05, 4.69) is 10.1 Å². The number of nitrogens with one attached hydrogen (secondary N) is 1. The number of ether oxygens (including phenoxy) is 4. The van der Waals surface area contributed by atoms with Crippen LogP contribution in [0.3, 0.4) is 0 Å². The van der Waals surface area contributed by atoms with Crippen LogP contribution in [0.2, 0.25) is 0 Å². The van der Waals surface area contributed by atoms with Gasteiger partial charge in [0.1, 0.15) is 5.00 Å². The SMILES string of the molecule is CCOC(=O)c1c(NC(=O)COc2ccc(C(=O)OC)cc2OC)sc(C)c1C. The van der Waals surface area contributed by atoms with Gasteiger partial charge in [0.2, 0.25) is 0 Å². The van der Waals surface area contributed by atoms with Crippen LogP contribution in [0.4, 0.5) is 5.00 Å². The van der Waals surface area contributed by atoms with E-state index in [9.17, 15) is 14.4 Å². The van der Waals surface area contributed by atoms with Crippen LogP contribution in [-0.4, -0.2) is 45.3 Å². The summed E-state index contributed by atoms with van der Waals surface area (Å²) >= 11 is 1.30. The lowest BCUT2D eigenvalue weighted by atomic mass is 10.1. The van der Waals surface area contributed by atoms with Crippen molar-refractivity contribution < 1.29 is 33.3 Å². The van der Waals surface area contributed by atoms with Crippen molar-refractivity contribution in [1.82, 2.24) is 0 Å². The highest BCUT2D eigenvalue weighted by Crippen LogP contribution is 2.33. The molecule has 2 rings (SSSR count). The predicted molar refractivity (Wildman–Crippen MR) is 108 cm³/mol. The zero-order chi connectivity index (χ0) is 21.6. The first-order chi connectivity index (χ1) is 13.8. The summed E-state index contributed by atoms with van der Waals surface area (Å²) in [5.41, 5.74) is 1.41. The Labute approximate surface area is 172 Å². The number of esters is 2. The second kappa shape index (κ2) is 9.92. The minimum absolute atomic E-state index is 0.241. The highest BCUT2D eigenvalue weighted by Gasteiger charge is 2.22. The van der Waals surface area contributed by atoms with Crippen molar-refractivity contribution in [3.05, 3.63) is 39.8 Å². The number of rotatable bonds is 8. The average Bonchev–Trinajstić information content (AvgIpc) is 2.98. The standard InChI is InChI=1S/C20H23NO7S/c1-6-27-20(24)17-11(2)12(3)29-18(17)21-16(22)10-28-14-8-7-13(19(23)26-5)9-15(14)25-4/h7-9H,6,10H2,1-5H3,(H,21,22). The van der Waals surface area contributed by atoms with Crippen LogP contribution in [0.15, 0.2) is 18.2 Å². The minimum atomic E-state index is -0.512. The number of aryl methyl sites for hydroxylation is 1. The molecule has 0 saturated carbocycles. The normalized spacial score (nSPS) is 10.2. The van der Waals surface area contributed by atoms with Crippen molar-refractivity contribution in [1.29, 1.82) is 0 Å². The molecule has 0 aliphatic rings. The molecule has 1 aromatic carbocycles. The van der Waals surface area contributed by atoms with Gasteiger partial charge in [0.05, 0.1) is 32.0 Å². The number of thiophene rings is 1. The van der Waals surface area contributed by atoms with Crippen molar-refractivity contribution in [3.8, 4) is 11.5 Å². The summed E-state index contributed by atoms with van der Waals surface area (Å²) in [6.45, 7) is 5.31. The average molecular weight is 421 g/mol. The molecular formula is C20H23NO7S. The third-order valence-electron chi connectivity index (χ3n) is 4.06. The first-order valence-electron chi connectivity index (χ1n) is 8.78. The minimum Gasteiger partial charge on any atom is -0.493 e. The molecule has 2 aromatic rings.